The van der Waals surface area contributed by atoms with Gasteiger partial charge in [-0.3, -0.25) is 5.73 Å². The quantitative estimate of drug-likeness (QED) is 0.667. The Kier molecular flexibility index (Phi) is 4.10. The van der Waals surface area contributed by atoms with Crippen molar-refractivity contribution >= 4 is 17.9 Å². The third-order valence-corrected chi connectivity index (χ3v) is 3.63. The maximum atomic E-state index is 11.8. The number of likely N-dealkylation sites (N-methyl/N-ethyl adjacent to an activating group) is 1. The molecule has 0 spiro atoms. The highest BCUT2D eigenvalue weighted by Crippen LogP contribution is 2.17. The molecule has 1 heterocycles. The van der Waals surface area contributed by atoms with Gasteiger partial charge < -0.3 is 4.74 Å². The van der Waals surface area contributed by atoms with Gasteiger partial charge in [-0.05, 0) is 29.3 Å². The van der Waals surface area contributed by atoms with E-state index in [9.17, 15) is 4.79 Å². The van der Waals surface area contributed by atoms with Gasteiger partial charge in [0.15, 0.2) is 5.70 Å². The fraction of sp³-hybridized carbons (Fsp3) is 0.111. The molecule has 3 N–H and O–H groups in total. The Morgan fingerprint density at radius 1 is 1.13 bits per heavy atom. The molecule has 2 aromatic rings. The van der Waals surface area contributed by atoms with Crippen LogP contribution in [0.25, 0.3) is 6.08 Å². The van der Waals surface area contributed by atoms with Crippen LogP contribution in [0, 0.1) is 0 Å². The molecule has 23 heavy (non-hydrogen) atoms. The number of hydrogen-bond acceptors (Lipinski definition) is 3. The van der Waals surface area contributed by atoms with Crippen LogP contribution in [0.3, 0.4) is 0 Å². The highest BCUT2D eigenvalue weighted by Gasteiger charge is 2.28. The molecule has 116 valence electrons. The number of amides is 1. The second-order valence-corrected chi connectivity index (χ2v) is 5.27. The molecule has 0 saturated carbocycles. The number of nitrogens with one attached hydrogen (secondary N) is 1. The zero-order valence-corrected chi connectivity index (χ0v) is 12.8. The zero-order chi connectivity index (χ0) is 16.2. The van der Waals surface area contributed by atoms with E-state index in [2.05, 4.69) is 5.32 Å². The van der Waals surface area contributed by atoms with Crippen LogP contribution in [-0.2, 0) is 11.4 Å². The van der Waals surface area contributed by atoms with Gasteiger partial charge in [-0.15, -0.1) is 0 Å². The molecule has 0 radical (unpaired) electrons. The molecule has 1 amide bonds. The van der Waals surface area contributed by atoms with E-state index in [1.807, 2.05) is 54.6 Å². The first-order valence-corrected chi connectivity index (χ1v) is 7.29. The zero-order valence-electron chi connectivity index (χ0n) is 12.8. The first kappa shape index (κ1) is 14.8. The summed E-state index contributed by atoms with van der Waals surface area (Å²) in [6.45, 7) is 0.526. The summed E-state index contributed by atoms with van der Waals surface area (Å²) in [5, 5.41) is 2.58. The van der Waals surface area contributed by atoms with Gasteiger partial charge in [0.1, 0.15) is 12.4 Å². The van der Waals surface area contributed by atoms with Gasteiger partial charge in [0.2, 0.25) is 0 Å². The standard InChI is InChI=1S/C18H17N3O2/c1-21-16(17(22)20-18(21)19)11-13-7-9-15(10-8-13)23-12-14-5-3-2-4-6-14/h2-11H,12H2,1H3,(H2,19,20,22)/p+1. The number of benzene rings is 2. The van der Waals surface area contributed by atoms with Gasteiger partial charge >= 0.3 is 11.9 Å². The molecule has 1 aliphatic heterocycles. The maximum absolute atomic E-state index is 11.8. The molecule has 1 aliphatic rings. The summed E-state index contributed by atoms with van der Waals surface area (Å²) in [6.07, 6.45) is 1.79. The monoisotopic (exact) mass is 308 g/mol. The summed E-state index contributed by atoms with van der Waals surface area (Å²) in [5.74, 6) is 0.921. The van der Waals surface area contributed by atoms with Gasteiger partial charge in [0.25, 0.3) is 0 Å². The molecule has 0 fully saturated rings. The first-order chi connectivity index (χ1) is 11.1. The molecular formula is C18H18N3O2+. The average molecular weight is 308 g/mol. The van der Waals surface area contributed by atoms with Gasteiger partial charge in [-0.2, -0.15) is 0 Å². The minimum atomic E-state index is -0.200. The molecular weight excluding hydrogens is 290 g/mol. The minimum absolute atomic E-state index is 0.200. The van der Waals surface area contributed by atoms with E-state index < -0.39 is 0 Å². The van der Waals surface area contributed by atoms with E-state index in [1.54, 1.807) is 17.7 Å². The van der Waals surface area contributed by atoms with Crippen molar-refractivity contribution in [3.05, 3.63) is 71.4 Å². The van der Waals surface area contributed by atoms with Crippen molar-refractivity contribution in [2.45, 2.75) is 6.61 Å². The summed E-state index contributed by atoms with van der Waals surface area (Å²) in [5.41, 5.74) is 8.22. The van der Waals surface area contributed by atoms with E-state index in [0.29, 0.717) is 18.3 Å². The highest BCUT2D eigenvalue weighted by atomic mass is 16.5. The Hall–Kier alpha value is -3.08. The van der Waals surface area contributed by atoms with Crippen LogP contribution in [-0.4, -0.2) is 23.5 Å². The Balaban J connectivity index is 1.69. The number of carbonyl (C=O) groups is 1. The molecule has 0 saturated heterocycles. The third kappa shape index (κ3) is 3.40. The normalized spacial score (nSPS) is 15.9. The van der Waals surface area contributed by atoms with Gasteiger partial charge in [0, 0.05) is 0 Å². The predicted molar refractivity (Wildman–Crippen MR) is 88.7 cm³/mol. The van der Waals surface area contributed by atoms with Crippen molar-refractivity contribution in [1.82, 2.24) is 5.32 Å². The number of nitrogens with two attached hydrogens (primary N) is 1. The lowest BCUT2D eigenvalue weighted by atomic mass is 10.2. The topological polar surface area (TPSA) is 67.4 Å². The molecule has 5 heteroatoms. The van der Waals surface area contributed by atoms with E-state index in [0.717, 1.165) is 16.9 Å². The van der Waals surface area contributed by atoms with Gasteiger partial charge in [0.05, 0.1) is 7.05 Å². The summed E-state index contributed by atoms with van der Waals surface area (Å²) >= 11 is 0. The van der Waals surface area contributed by atoms with Gasteiger partial charge in [-0.25, -0.2) is 14.7 Å². The number of nitrogens with zero attached hydrogens (tertiary/aromatic N) is 1. The number of guanidine groups is 1. The number of rotatable bonds is 4. The number of ether oxygens (including phenoxy) is 1. The van der Waals surface area contributed by atoms with Gasteiger partial charge in [-0.1, -0.05) is 42.5 Å². The van der Waals surface area contributed by atoms with Crippen LogP contribution < -0.4 is 15.8 Å². The van der Waals surface area contributed by atoms with Crippen molar-refractivity contribution in [1.29, 1.82) is 0 Å². The summed E-state index contributed by atoms with van der Waals surface area (Å²) in [6, 6.07) is 17.6. The Morgan fingerprint density at radius 2 is 1.83 bits per heavy atom. The van der Waals surface area contributed by atoms with Crippen molar-refractivity contribution < 1.29 is 14.1 Å². The van der Waals surface area contributed by atoms with Crippen molar-refractivity contribution in [2.24, 2.45) is 5.73 Å². The van der Waals surface area contributed by atoms with Crippen LogP contribution in [0.2, 0.25) is 0 Å². The lowest BCUT2D eigenvalue weighted by Crippen LogP contribution is -2.32. The fourth-order valence-electron chi connectivity index (χ4n) is 2.27. The average Bonchev–Trinajstić information content (AvgIpc) is 2.81. The second kappa shape index (κ2) is 6.36. The fourth-order valence-corrected chi connectivity index (χ4v) is 2.27. The molecule has 0 bridgehead atoms. The molecule has 0 atom stereocenters. The second-order valence-electron chi connectivity index (χ2n) is 5.27. The largest absolute Gasteiger partial charge is 0.489 e. The Morgan fingerprint density at radius 3 is 2.43 bits per heavy atom. The van der Waals surface area contributed by atoms with Crippen LogP contribution in [0.4, 0.5) is 0 Å². The lowest BCUT2D eigenvalue weighted by molar-refractivity contribution is -0.432. The Bertz CT molecular complexity index is 778. The summed E-state index contributed by atoms with van der Waals surface area (Å²) < 4.78 is 7.37. The van der Waals surface area contributed by atoms with Crippen LogP contribution >= 0.6 is 0 Å². The predicted octanol–water partition coefficient (Wildman–Crippen LogP) is 1.69. The van der Waals surface area contributed by atoms with Crippen LogP contribution in [0.5, 0.6) is 5.75 Å². The van der Waals surface area contributed by atoms with E-state index >= 15 is 0 Å². The van der Waals surface area contributed by atoms with Crippen molar-refractivity contribution in [2.75, 3.05) is 7.05 Å². The minimum Gasteiger partial charge on any atom is -0.489 e. The first-order valence-electron chi connectivity index (χ1n) is 7.29. The van der Waals surface area contributed by atoms with Crippen molar-refractivity contribution in [3.8, 4) is 5.75 Å². The van der Waals surface area contributed by atoms with Crippen molar-refractivity contribution in [3.63, 3.8) is 0 Å². The molecule has 0 aliphatic carbocycles. The third-order valence-electron chi connectivity index (χ3n) is 3.63. The van der Waals surface area contributed by atoms with E-state index in [-0.39, 0.29) is 5.91 Å². The van der Waals surface area contributed by atoms with Crippen LogP contribution in [0.15, 0.2) is 60.3 Å². The molecule has 3 rings (SSSR count). The highest BCUT2D eigenvalue weighted by molar-refractivity contribution is 6.08. The smallest absolute Gasteiger partial charge is 0.356 e. The lowest BCUT2D eigenvalue weighted by Gasteiger charge is -2.06. The van der Waals surface area contributed by atoms with E-state index in [4.69, 9.17) is 10.5 Å². The maximum Gasteiger partial charge on any atom is 0.356 e. The molecule has 5 nitrogen and oxygen atoms in total. The number of hydrogen-bond donors (Lipinski definition) is 2. The van der Waals surface area contributed by atoms with E-state index in [1.165, 1.54) is 0 Å². The number of carbonyl (C=O) groups excluding carboxylic acids is 1. The molecule has 0 unspecified atom stereocenters. The van der Waals surface area contributed by atoms with Crippen LogP contribution in [0.1, 0.15) is 11.1 Å². The molecule has 2 aromatic carbocycles. The summed E-state index contributed by atoms with van der Waals surface area (Å²) in [4.78, 5) is 11.8. The molecule has 0 aromatic heterocycles. The SMILES string of the molecule is C[N+]1=C(N)NC(=O)C1=Cc1ccc(OCc2ccccc2)cc1. The summed E-state index contributed by atoms with van der Waals surface area (Å²) in [7, 11) is 1.75. The Labute approximate surface area is 134 Å².